The summed E-state index contributed by atoms with van der Waals surface area (Å²) in [4.78, 5) is 35.0. The van der Waals surface area contributed by atoms with Crippen LogP contribution in [0.15, 0.2) is 30.3 Å². The van der Waals surface area contributed by atoms with Crippen molar-refractivity contribution in [1.82, 2.24) is 0 Å². The molecule has 0 radical (unpaired) electrons. The van der Waals surface area contributed by atoms with Crippen LogP contribution >= 0.6 is 0 Å². The number of nitro benzene ring substituents is 1. The summed E-state index contributed by atoms with van der Waals surface area (Å²) in [5, 5.41) is 13.4. The number of ether oxygens (including phenoxy) is 3. The van der Waals surface area contributed by atoms with Gasteiger partial charge in [0.2, 0.25) is 0 Å². The molecule has 0 aliphatic carbocycles. The molecule has 154 valence electrons. The van der Waals surface area contributed by atoms with E-state index in [1.54, 1.807) is 0 Å². The van der Waals surface area contributed by atoms with Crippen LogP contribution in [-0.2, 0) is 9.53 Å². The number of nitrogens with one attached hydrogen (secondary N) is 1. The number of benzene rings is 2. The Bertz CT molecular complexity index is 965. The van der Waals surface area contributed by atoms with Crippen LogP contribution in [0.1, 0.15) is 17.3 Å². The van der Waals surface area contributed by atoms with E-state index in [2.05, 4.69) is 5.32 Å². The molecular formula is C18H16F2N2O7. The van der Waals surface area contributed by atoms with E-state index < -0.39 is 45.8 Å². The molecule has 0 aliphatic rings. The SMILES string of the molecule is COc1cc(C(=O)O[C@@H](C)C(=O)Nc2ccc(F)cc2F)c([N+](=O)[O-])cc1OC. The number of anilines is 1. The summed E-state index contributed by atoms with van der Waals surface area (Å²) < 4.78 is 41.5. The van der Waals surface area contributed by atoms with Gasteiger partial charge in [0.15, 0.2) is 17.6 Å². The minimum Gasteiger partial charge on any atom is -0.493 e. The minimum atomic E-state index is -1.44. The first-order chi connectivity index (χ1) is 13.7. The number of methoxy groups -OCH3 is 2. The Morgan fingerprint density at radius 3 is 2.28 bits per heavy atom. The number of esters is 1. The summed E-state index contributed by atoms with van der Waals surface area (Å²) in [7, 11) is 2.53. The summed E-state index contributed by atoms with van der Waals surface area (Å²) in [6.07, 6.45) is -1.44. The van der Waals surface area contributed by atoms with Crippen molar-refractivity contribution in [2.24, 2.45) is 0 Å². The number of nitrogens with zero attached hydrogens (tertiary/aromatic N) is 1. The first-order valence-electron chi connectivity index (χ1n) is 8.05. The van der Waals surface area contributed by atoms with E-state index in [4.69, 9.17) is 14.2 Å². The number of rotatable bonds is 7. The van der Waals surface area contributed by atoms with E-state index >= 15 is 0 Å². The van der Waals surface area contributed by atoms with Crippen molar-refractivity contribution in [3.8, 4) is 11.5 Å². The number of nitro groups is 1. The Kier molecular flexibility index (Phi) is 6.65. The van der Waals surface area contributed by atoms with Gasteiger partial charge in [0.1, 0.15) is 17.2 Å². The van der Waals surface area contributed by atoms with Gasteiger partial charge in [0, 0.05) is 12.1 Å². The monoisotopic (exact) mass is 410 g/mol. The molecule has 1 amide bonds. The second-order valence-electron chi connectivity index (χ2n) is 5.64. The average Bonchev–Trinajstić information content (AvgIpc) is 2.68. The van der Waals surface area contributed by atoms with Crippen molar-refractivity contribution in [3.63, 3.8) is 0 Å². The van der Waals surface area contributed by atoms with E-state index in [-0.39, 0.29) is 17.2 Å². The molecule has 0 spiro atoms. The van der Waals surface area contributed by atoms with Gasteiger partial charge in [-0.3, -0.25) is 14.9 Å². The summed E-state index contributed by atoms with van der Waals surface area (Å²) >= 11 is 0. The van der Waals surface area contributed by atoms with Crippen molar-refractivity contribution >= 4 is 23.3 Å². The van der Waals surface area contributed by atoms with E-state index in [0.717, 1.165) is 24.3 Å². The van der Waals surface area contributed by atoms with E-state index in [1.807, 2.05) is 0 Å². The van der Waals surface area contributed by atoms with Crippen LogP contribution in [0.5, 0.6) is 11.5 Å². The third-order valence-corrected chi connectivity index (χ3v) is 3.76. The van der Waals surface area contributed by atoms with Gasteiger partial charge in [-0.2, -0.15) is 0 Å². The molecule has 0 aromatic heterocycles. The molecule has 1 N–H and O–H groups in total. The molecular weight excluding hydrogens is 394 g/mol. The van der Waals surface area contributed by atoms with Crippen LogP contribution in [-0.4, -0.2) is 37.1 Å². The smallest absolute Gasteiger partial charge is 0.346 e. The summed E-state index contributed by atoms with van der Waals surface area (Å²) in [6, 6.07) is 4.52. The molecule has 0 heterocycles. The van der Waals surface area contributed by atoms with Crippen molar-refractivity contribution in [3.05, 3.63) is 57.6 Å². The van der Waals surface area contributed by atoms with Crippen molar-refractivity contribution in [2.45, 2.75) is 13.0 Å². The topological polar surface area (TPSA) is 117 Å². The first kappa shape index (κ1) is 21.5. The Morgan fingerprint density at radius 1 is 1.10 bits per heavy atom. The number of amides is 1. The highest BCUT2D eigenvalue weighted by Crippen LogP contribution is 2.35. The van der Waals surface area contributed by atoms with Crippen LogP contribution in [0.25, 0.3) is 0 Å². The molecule has 0 saturated carbocycles. The zero-order valence-corrected chi connectivity index (χ0v) is 15.5. The maximum Gasteiger partial charge on any atom is 0.346 e. The third-order valence-electron chi connectivity index (χ3n) is 3.76. The molecule has 0 bridgehead atoms. The predicted octanol–water partition coefficient (Wildman–Crippen LogP) is 3.07. The zero-order valence-electron chi connectivity index (χ0n) is 15.5. The highest BCUT2D eigenvalue weighted by atomic mass is 19.1. The van der Waals surface area contributed by atoms with Crippen molar-refractivity contribution in [1.29, 1.82) is 0 Å². The fraction of sp³-hybridized carbons (Fsp3) is 0.222. The highest BCUT2D eigenvalue weighted by molar-refractivity contribution is 5.99. The Morgan fingerprint density at radius 2 is 1.72 bits per heavy atom. The van der Waals surface area contributed by atoms with Gasteiger partial charge in [0.25, 0.3) is 11.6 Å². The number of hydrogen-bond donors (Lipinski definition) is 1. The number of hydrogen-bond acceptors (Lipinski definition) is 7. The lowest BCUT2D eigenvalue weighted by atomic mass is 10.1. The van der Waals surface area contributed by atoms with E-state index in [0.29, 0.717) is 6.07 Å². The van der Waals surface area contributed by atoms with Crippen molar-refractivity contribution < 1.29 is 37.5 Å². The van der Waals surface area contributed by atoms with Crippen LogP contribution in [0.2, 0.25) is 0 Å². The van der Waals surface area contributed by atoms with Gasteiger partial charge in [-0.05, 0) is 19.1 Å². The molecule has 1 atom stereocenters. The standard InChI is InChI=1S/C18H16F2N2O7/c1-9(17(23)21-13-5-4-10(19)6-12(13)20)29-18(24)11-7-15(27-2)16(28-3)8-14(11)22(25)26/h4-9H,1-3H3,(H,21,23)/t9-/m0/s1. The van der Waals surface area contributed by atoms with Crippen LogP contribution < -0.4 is 14.8 Å². The fourth-order valence-corrected chi connectivity index (χ4v) is 2.29. The van der Waals surface area contributed by atoms with E-state index in [9.17, 15) is 28.5 Å². The van der Waals surface area contributed by atoms with Gasteiger partial charge >= 0.3 is 5.97 Å². The maximum atomic E-state index is 13.6. The number of carbonyl (C=O) groups excluding carboxylic acids is 2. The zero-order chi connectivity index (χ0) is 21.7. The van der Waals surface area contributed by atoms with Crippen LogP contribution in [0.3, 0.4) is 0 Å². The summed E-state index contributed by atoms with van der Waals surface area (Å²) in [6.45, 7) is 1.18. The summed E-state index contributed by atoms with van der Waals surface area (Å²) in [5.41, 5.74) is -1.42. The quantitative estimate of drug-likeness (QED) is 0.423. The average molecular weight is 410 g/mol. The lowest BCUT2D eigenvalue weighted by Gasteiger charge is -2.15. The maximum absolute atomic E-state index is 13.6. The molecule has 0 unspecified atom stereocenters. The molecule has 0 saturated heterocycles. The van der Waals surface area contributed by atoms with Gasteiger partial charge in [-0.15, -0.1) is 0 Å². The second-order valence-corrected chi connectivity index (χ2v) is 5.64. The number of halogens is 2. The molecule has 0 fully saturated rings. The number of carbonyl (C=O) groups is 2. The van der Waals surface area contributed by atoms with E-state index in [1.165, 1.54) is 21.1 Å². The molecule has 9 nitrogen and oxygen atoms in total. The fourth-order valence-electron chi connectivity index (χ4n) is 2.29. The van der Waals surface area contributed by atoms with Gasteiger partial charge in [0.05, 0.1) is 30.9 Å². The minimum absolute atomic E-state index is 0.0216. The Labute approximate surface area is 163 Å². The molecule has 0 aliphatic heterocycles. The lowest BCUT2D eigenvalue weighted by Crippen LogP contribution is -2.30. The normalized spacial score (nSPS) is 11.3. The Hall–Kier alpha value is -3.76. The molecule has 2 rings (SSSR count). The second kappa shape index (κ2) is 8.95. The van der Waals surface area contributed by atoms with Crippen LogP contribution in [0, 0.1) is 21.7 Å². The van der Waals surface area contributed by atoms with Crippen molar-refractivity contribution in [2.75, 3.05) is 19.5 Å². The largest absolute Gasteiger partial charge is 0.493 e. The Balaban J connectivity index is 2.22. The summed E-state index contributed by atoms with van der Waals surface area (Å²) in [5.74, 6) is -3.90. The van der Waals surface area contributed by atoms with Gasteiger partial charge < -0.3 is 19.5 Å². The first-order valence-corrected chi connectivity index (χ1v) is 8.05. The van der Waals surface area contributed by atoms with Gasteiger partial charge in [-0.1, -0.05) is 0 Å². The highest BCUT2D eigenvalue weighted by Gasteiger charge is 2.28. The third kappa shape index (κ3) is 4.94. The molecule has 2 aromatic carbocycles. The molecule has 2 aromatic rings. The van der Waals surface area contributed by atoms with Crippen LogP contribution in [0.4, 0.5) is 20.2 Å². The van der Waals surface area contributed by atoms with Gasteiger partial charge in [-0.25, -0.2) is 13.6 Å². The predicted molar refractivity (Wildman–Crippen MR) is 96.1 cm³/mol. The lowest BCUT2D eigenvalue weighted by molar-refractivity contribution is -0.385. The molecule has 29 heavy (non-hydrogen) atoms. The molecule has 11 heteroatoms.